The molecule has 0 aliphatic carbocycles. The summed E-state index contributed by atoms with van der Waals surface area (Å²) in [6.45, 7) is 1.57. The van der Waals surface area contributed by atoms with Gasteiger partial charge < -0.3 is 19.7 Å². The van der Waals surface area contributed by atoms with Crippen LogP contribution >= 0.6 is 11.6 Å². The summed E-state index contributed by atoms with van der Waals surface area (Å²) in [5.74, 6) is 0. The van der Waals surface area contributed by atoms with Crippen molar-refractivity contribution in [3.63, 3.8) is 0 Å². The van der Waals surface area contributed by atoms with Crippen molar-refractivity contribution in [1.29, 1.82) is 0 Å². The van der Waals surface area contributed by atoms with E-state index >= 15 is 0 Å². The third kappa shape index (κ3) is 4.75. The highest BCUT2D eigenvalue weighted by molar-refractivity contribution is 6.32. The molecule has 1 rings (SSSR count). The summed E-state index contributed by atoms with van der Waals surface area (Å²) in [5, 5.41) is 7.18. The average Bonchev–Trinajstić information content (AvgIpc) is 2.43. The van der Waals surface area contributed by atoms with Gasteiger partial charge in [0.05, 0.1) is 25.0 Å². The molecule has 0 bridgehead atoms. The number of anilines is 1. The number of hydrogen-bond acceptors (Lipinski definition) is 6. The van der Waals surface area contributed by atoms with Crippen molar-refractivity contribution in [3.05, 3.63) is 21.6 Å². The van der Waals surface area contributed by atoms with E-state index in [2.05, 4.69) is 10.4 Å². The molecule has 0 saturated carbocycles. The summed E-state index contributed by atoms with van der Waals surface area (Å²) in [7, 11) is 6.93. The normalized spacial score (nSPS) is 11.3. The fourth-order valence-corrected chi connectivity index (χ4v) is 1.71. The second kappa shape index (κ2) is 8.21. The molecule has 0 aromatic carbocycles. The smallest absolute Gasteiger partial charge is 0.287 e. The van der Waals surface area contributed by atoms with Crippen LogP contribution in [0.5, 0.6) is 0 Å². The van der Waals surface area contributed by atoms with Crippen molar-refractivity contribution in [2.45, 2.75) is 12.8 Å². The number of rotatable bonds is 8. The molecule has 0 fully saturated rings. The van der Waals surface area contributed by atoms with Crippen LogP contribution in [0.4, 0.5) is 5.69 Å². The van der Waals surface area contributed by atoms with E-state index in [1.54, 1.807) is 0 Å². The third-order valence-electron chi connectivity index (χ3n) is 2.73. The van der Waals surface area contributed by atoms with Gasteiger partial charge in [-0.25, -0.2) is 4.68 Å². The number of ether oxygens (including phenoxy) is 2. The van der Waals surface area contributed by atoms with Crippen molar-refractivity contribution in [3.8, 4) is 0 Å². The van der Waals surface area contributed by atoms with Gasteiger partial charge in [0.2, 0.25) is 0 Å². The molecule has 1 aromatic heterocycles. The van der Waals surface area contributed by atoms with Crippen LogP contribution in [0.2, 0.25) is 5.02 Å². The standard InChI is InChI=1S/C12H21ClN4O3/c1-16(2)5-6-17-12(18)11(13)9(7-15-17)14-8-10(19-3)20-4/h7,10,14H,5-6,8H2,1-4H3. The number of likely N-dealkylation sites (N-methyl/N-ethyl adjacent to an activating group) is 1. The van der Waals surface area contributed by atoms with E-state index in [0.717, 1.165) is 0 Å². The summed E-state index contributed by atoms with van der Waals surface area (Å²) in [6.07, 6.45) is 1.11. The van der Waals surface area contributed by atoms with Gasteiger partial charge in [-0.15, -0.1) is 0 Å². The molecular formula is C12H21ClN4O3. The van der Waals surface area contributed by atoms with Crippen molar-refractivity contribution in [1.82, 2.24) is 14.7 Å². The zero-order valence-electron chi connectivity index (χ0n) is 12.2. The van der Waals surface area contributed by atoms with Crippen LogP contribution in [0.15, 0.2) is 11.0 Å². The van der Waals surface area contributed by atoms with E-state index < -0.39 is 6.29 Å². The summed E-state index contributed by atoms with van der Waals surface area (Å²) >= 11 is 6.05. The summed E-state index contributed by atoms with van der Waals surface area (Å²) in [4.78, 5) is 14.0. The maximum absolute atomic E-state index is 12.0. The molecule has 0 spiro atoms. The van der Waals surface area contributed by atoms with E-state index in [0.29, 0.717) is 25.3 Å². The van der Waals surface area contributed by atoms with Gasteiger partial charge in [-0.3, -0.25) is 4.79 Å². The molecule has 0 aliphatic heterocycles. The lowest BCUT2D eigenvalue weighted by Gasteiger charge is -2.16. The first-order valence-electron chi connectivity index (χ1n) is 6.19. The molecule has 0 amide bonds. The lowest BCUT2D eigenvalue weighted by molar-refractivity contribution is -0.0914. The summed E-state index contributed by atoms with van der Waals surface area (Å²) in [6, 6.07) is 0. The predicted molar refractivity (Wildman–Crippen MR) is 78.4 cm³/mol. The van der Waals surface area contributed by atoms with Crippen LogP contribution in [0.1, 0.15) is 0 Å². The molecular weight excluding hydrogens is 284 g/mol. The molecule has 114 valence electrons. The number of nitrogens with one attached hydrogen (secondary N) is 1. The Hall–Kier alpha value is -1.15. The fraction of sp³-hybridized carbons (Fsp3) is 0.667. The Labute approximate surface area is 123 Å². The van der Waals surface area contributed by atoms with Crippen molar-refractivity contribution in [2.24, 2.45) is 0 Å². The molecule has 20 heavy (non-hydrogen) atoms. The number of aromatic nitrogens is 2. The van der Waals surface area contributed by atoms with Gasteiger partial charge in [0, 0.05) is 20.8 Å². The van der Waals surface area contributed by atoms with Gasteiger partial charge in [-0.2, -0.15) is 5.10 Å². The van der Waals surface area contributed by atoms with Crippen LogP contribution in [0, 0.1) is 0 Å². The fourth-order valence-electron chi connectivity index (χ4n) is 1.50. The zero-order valence-corrected chi connectivity index (χ0v) is 13.0. The molecule has 1 N–H and O–H groups in total. The molecule has 0 radical (unpaired) electrons. The van der Waals surface area contributed by atoms with Crippen molar-refractivity contribution in [2.75, 3.05) is 46.7 Å². The topological polar surface area (TPSA) is 68.6 Å². The van der Waals surface area contributed by atoms with Gasteiger partial charge in [-0.1, -0.05) is 11.6 Å². The predicted octanol–water partition coefficient (Wildman–Crippen LogP) is 0.489. The van der Waals surface area contributed by atoms with Gasteiger partial charge in [-0.05, 0) is 14.1 Å². The minimum atomic E-state index is -0.415. The highest BCUT2D eigenvalue weighted by Crippen LogP contribution is 2.15. The Morgan fingerprint density at radius 2 is 2.10 bits per heavy atom. The maximum atomic E-state index is 12.0. The number of methoxy groups -OCH3 is 2. The summed E-state index contributed by atoms with van der Waals surface area (Å²) < 4.78 is 11.4. The Kier molecular flexibility index (Phi) is 6.94. The van der Waals surface area contributed by atoms with Gasteiger partial charge >= 0.3 is 0 Å². The Morgan fingerprint density at radius 3 is 2.65 bits per heavy atom. The van der Waals surface area contributed by atoms with Crippen molar-refractivity contribution < 1.29 is 9.47 Å². The minimum Gasteiger partial charge on any atom is -0.377 e. The molecule has 0 atom stereocenters. The number of nitrogens with zero attached hydrogens (tertiary/aromatic N) is 3. The van der Waals surface area contributed by atoms with Crippen LogP contribution in [0.25, 0.3) is 0 Å². The van der Waals surface area contributed by atoms with Crippen LogP contribution in [0.3, 0.4) is 0 Å². The number of halogens is 1. The second-order valence-corrected chi connectivity index (χ2v) is 4.86. The summed E-state index contributed by atoms with van der Waals surface area (Å²) in [5.41, 5.74) is 0.154. The van der Waals surface area contributed by atoms with E-state index in [-0.39, 0.29) is 10.6 Å². The van der Waals surface area contributed by atoms with E-state index in [4.69, 9.17) is 21.1 Å². The molecule has 7 nitrogen and oxygen atoms in total. The first kappa shape index (κ1) is 16.9. The Bertz CT molecular complexity index is 474. The Balaban J connectivity index is 2.76. The first-order chi connectivity index (χ1) is 9.49. The highest BCUT2D eigenvalue weighted by Gasteiger charge is 2.11. The largest absolute Gasteiger partial charge is 0.377 e. The molecule has 1 aromatic rings. The molecule has 8 heteroatoms. The van der Waals surface area contributed by atoms with Crippen LogP contribution < -0.4 is 10.9 Å². The van der Waals surface area contributed by atoms with Gasteiger partial charge in [0.1, 0.15) is 5.02 Å². The zero-order chi connectivity index (χ0) is 15.1. The quantitative estimate of drug-likeness (QED) is 0.705. The van der Waals surface area contributed by atoms with Gasteiger partial charge in [0.15, 0.2) is 6.29 Å². The van der Waals surface area contributed by atoms with E-state index in [9.17, 15) is 4.79 Å². The van der Waals surface area contributed by atoms with E-state index in [1.165, 1.54) is 25.1 Å². The number of hydrogen-bond donors (Lipinski definition) is 1. The van der Waals surface area contributed by atoms with E-state index in [1.807, 2.05) is 19.0 Å². The highest BCUT2D eigenvalue weighted by atomic mass is 35.5. The molecule has 0 saturated heterocycles. The molecule has 0 aliphatic rings. The minimum absolute atomic E-state index is 0.115. The Morgan fingerprint density at radius 1 is 1.45 bits per heavy atom. The first-order valence-corrected chi connectivity index (χ1v) is 6.57. The third-order valence-corrected chi connectivity index (χ3v) is 3.09. The lowest BCUT2D eigenvalue weighted by atomic mass is 10.4. The monoisotopic (exact) mass is 304 g/mol. The van der Waals surface area contributed by atoms with Crippen LogP contribution in [-0.4, -0.2) is 62.4 Å². The average molecular weight is 305 g/mol. The lowest BCUT2D eigenvalue weighted by Crippen LogP contribution is -2.30. The second-order valence-electron chi connectivity index (χ2n) is 4.49. The molecule has 0 unspecified atom stereocenters. The maximum Gasteiger partial charge on any atom is 0.287 e. The SMILES string of the molecule is COC(CNc1cnn(CCN(C)C)c(=O)c1Cl)OC. The molecule has 1 heterocycles. The van der Waals surface area contributed by atoms with Crippen molar-refractivity contribution >= 4 is 17.3 Å². The van der Waals surface area contributed by atoms with Crippen LogP contribution in [-0.2, 0) is 16.0 Å². The van der Waals surface area contributed by atoms with Gasteiger partial charge in [0.25, 0.3) is 5.56 Å².